The molecule has 0 aromatic heterocycles. The van der Waals surface area contributed by atoms with Crippen molar-refractivity contribution < 1.29 is 18.3 Å². The van der Waals surface area contributed by atoms with E-state index in [9.17, 15) is 13.6 Å². The summed E-state index contributed by atoms with van der Waals surface area (Å²) in [6.45, 7) is 2.25. The lowest BCUT2D eigenvalue weighted by atomic mass is 9.93. The second-order valence-electron chi connectivity index (χ2n) is 4.26. The summed E-state index contributed by atoms with van der Waals surface area (Å²) in [7, 11) is 0. The SMILES string of the molecule is CCOC(=O)C12CC(F)CN1C[C@H](F)C2. The Kier molecular flexibility index (Phi) is 2.66. The van der Waals surface area contributed by atoms with Crippen LogP contribution >= 0.6 is 0 Å². The van der Waals surface area contributed by atoms with Gasteiger partial charge in [-0.05, 0) is 6.92 Å². The van der Waals surface area contributed by atoms with Gasteiger partial charge in [0.25, 0.3) is 0 Å². The molecule has 2 heterocycles. The van der Waals surface area contributed by atoms with Gasteiger partial charge >= 0.3 is 5.97 Å². The normalized spacial score (nSPS) is 40.5. The largest absolute Gasteiger partial charge is 0.465 e. The van der Waals surface area contributed by atoms with Gasteiger partial charge in [-0.2, -0.15) is 0 Å². The molecule has 0 spiro atoms. The average Bonchev–Trinajstić information content (AvgIpc) is 2.57. The Morgan fingerprint density at radius 2 is 1.93 bits per heavy atom. The molecule has 0 bridgehead atoms. The van der Waals surface area contributed by atoms with Crippen molar-refractivity contribution in [2.45, 2.75) is 37.6 Å². The van der Waals surface area contributed by atoms with E-state index in [0.717, 1.165) is 0 Å². The molecule has 2 aliphatic heterocycles. The average molecular weight is 219 g/mol. The van der Waals surface area contributed by atoms with E-state index in [0.29, 0.717) is 0 Å². The molecule has 3 atom stereocenters. The first-order valence-corrected chi connectivity index (χ1v) is 5.29. The summed E-state index contributed by atoms with van der Waals surface area (Å²) in [5.74, 6) is -0.467. The van der Waals surface area contributed by atoms with Crippen LogP contribution in [0, 0.1) is 0 Å². The van der Waals surface area contributed by atoms with E-state index in [1.807, 2.05) is 0 Å². The maximum absolute atomic E-state index is 13.2. The van der Waals surface area contributed by atoms with Crippen LogP contribution in [0.1, 0.15) is 19.8 Å². The highest BCUT2D eigenvalue weighted by Gasteiger charge is 2.58. The first-order valence-electron chi connectivity index (χ1n) is 5.29. The monoisotopic (exact) mass is 219 g/mol. The van der Waals surface area contributed by atoms with Gasteiger partial charge in [-0.3, -0.25) is 9.69 Å². The summed E-state index contributed by atoms with van der Waals surface area (Å²) in [6.07, 6.45) is -1.93. The molecule has 0 radical (unpaired) electrons. The lowest BCUT2D eigenvalue weighted by Crippen LogP contribution is -2.46. The molecule has 0 N–H and O–H groups in total. The molecule has 0 aromatic carbocycles. The molecule has 0 amide bonds. The molecule has 2 saturated heterocycles. The highest BCUT2D eigenvalue weighted by Crippen LogP contribution is 2.41. The molecule has 2 unspecified atom stereocenters. The van der Waals surface area contributed by atoms with Crippen LogP contribution in [0.4, 0.5) is 8.78 Å². The zero-order valence-corrected chi connectivity index (χ0v) is 8.71. The summed E-state index contributed by atoms with van der Waals surface area (Å²) in [5.41, 5.74) is -1.02. The van der Waals surface area contributed by atoms with E-state index < -0.39 is 23.9 Å². The zero-order valence-electron chi connectivity index (χ0n) is 8.71. The van der Waals surface area contributed by atoms with Crippen molar-refractivity contribution in [1.82, 2.24) is 4.90 Å². The third kappa shape index (κ3) is 1.62. The van der Waals surface area contributed by atoms with Gasteiger partial charge in [-0.25, -0.2) is 8.78 Å². The molecular formula is C10H15F2NO2. The first kappa shape index (κ1) is 10.8. The van der Waals surface area contributed by atoms with E-state index >= 15 is 0 Å². The number of carbonyl (C=O) groups excluding carboxylic acids is 1. The van der Waals surface area contributed by atoms with Gasteiger partial charge in [-0.15, -0.1) is 0 Å². The van der Waals surface area contributed by atoms with E-state index in [-0.39, 0.29) is 32.5 Å². The molecule has 2 fully saturated rings. The fourth-order valence-electron chi connectivity index (χ4n) is 2.67. The van der Waals surface area contributed by atoms with E-state index in [1.165, 1.54) is 0 Å². The van der Waals surface area contributed by atoms with Gasteiger partial charge in [0.2, 0.25) is 0 Å². The Morgan fingerprint density at radius 3 is 2.40 bits per heavy atom. The fourth-order valence-corrected chi connectivity index (χ4v) is 2.67. The molecule has 0 saturated carbocycles. The van der Waals surface area contributed by atoms with Gasteiger partial charge in [0.1, 0.15) is 17.9 Å². The second-order valence-corrected chi connectivity index (χ2v) is 4.26. The number of fused-ring (bicyclic) bond motifs is 1. The van der Waals surface area contributed by atoms with Crippen molar-refractivity contribution in [3.05, 3.63) is 0 Å². The molecule has 0 aromatic rings. The lowest BCUT2D eigenvalue weighted by molar-refractivity contribution is -0.154. The van der Waals surface area contributed by atoms with Crippen LogP contribution in [0.5, 0.6) is 0 Å². The number of alkyl halides is 2. The Balaban J connectivity index is 2.18. The van der Waals surface area contributed by atoms with Crippen LogP contribution in [0.15, 0.2) is 0 Å². The Morgan fingerprint density at radius 1 is 1.40 bits per heavy atom. The number of esters is 1. The molecule has 3 nitrogen and oxygen atoms in total. The first-order chi connectivity index (χ1) is 7.08. The minimum atomic E-state index is -1.04. The van der Waals surface area contributed by atoms with Crippen LogP contribution in [0.3, 0.4) is 0 Å². The van der Waals surface area contributed by atoms with E-state index in [4.69, 9.17) is 4.74 Å². The van der Waals surface area contributed by atoms with Crippen molar-refractivity contribution in [1.29, 1.82) is 0 Å². The molecular weight excluding hydrogens is 204 g/mol. The number of ether oxygens (including phenoxy) is 1. The van der Waals surface area contributed by atoms with E-state index in [1.54, 1.807) is 11.8 Å². The number of carbonyl (C=O) groups is 1. The lowest BCUT2D eigenvalue weighted by Gasteiger charge is -2.28. The maximum Gasteiger partial charge on any atom is 0.326 e. The predicted molar refractivity (Wildman–Crippen MR) is 50.0 cm³/mol. The Labute approximate surface area is 87.4 Å². The van der Waals surface area contributed by atoms with Crippen LogP contribution in [-0.2, 0) is 9.53 Å². The van der Waals surface area contributed by atoms with Crippen LogP contribution in [-0.4, -0.2) is 48.4 Å². The van der Waals surface area contributed by atoms with Gasteiger partial charge in [-0.1, -0.05) is 0 Å². The van der Waals surface area contributed by atoms with Crippen LogP contribution in [0.2, 0.25) is 0 Å². The molecule has 2 aliphatic rings. The second kappa shape index (κ2) is 3.70. The molecule has 15 heavy (non-hydrogen) atoms. The Bertz CT molecular complexity index is 258. The van der Waals surface area contributed by atoms with Crippen molar-refractivity contribution in [3.8, 4) is 0 Å². The summed E-state index contributed by atoms with van der Waals surface area (Å²) in [6, 6.07) is 0. The molecule has 86 valence electrons. The number of hydrogen-bond donors (Lipinski definition) is 0. The third-order valence-corrected chi connectivity index (χ3v) is 3.22. The van der Waals surface area contributed by atoms with Crippen LogP contribution in [0.25, 0.3) is 0 Å². The highest BCUT2D eigenvalue weighted by atomic mass is 19.1. The number of hydrogen-bond acceptors (Lipinski definition) is 3. The third-order valence-electron chi connectivity index (χ3n) is 3.22. The zero-order chi connectivity index (χ0) is 11.1. The van der Waals surface area contributed by atoms with Crippen molar-refractivity contribution >= 4 is 5.97 Å². The molecule has 0 aliphatic carbocycles. The Hall–Kier alpha value is -0.710. The molecule has 2 rings (SSSR count). The minimum Gasteiger partial charge on any atom is -0.465 e. The number of nitrogens with zero attached hydrogens (tertiary/aromatic N) is 1. The predicted octanol–water partition coefficient (Wildman–Crippen LogP) is 1.07. The standard InChI is InChI=1S/C10H15F2NO2/c1-2-15-9(14)10-3-7(11)5-13(10)6-8(12)4-10/h7-8H,2-6H2,1H3/t7-,8?,10?/m1/s1. The topological polar surface area (TPSA) is 29.5 Å². The minimum absolute atomic E-state index is 0.0756. The van der Waals surface area contributed by atoms with Crippen LogP contribution < -0.4 is 0 Å². The van der Waals surface area contributed by atoms with Gasteiger partial charge in [0.05, 0.1) is 6.61 Å². The summed E-state index contributed by atoms with van der Waals surface area (Å²) < 4.78 is 31.4. The number of halogens is 2. The van der Waals surface area contributed by atoms with Gasteiger partial charge < -0.3 is 4.74 Å². The fraction of sp³-hybridized carbons (Fsp3) is 0.900. The van der Waals surface area contributed by atoms with Gasteiger partial charge in [0.15, 0.2) is 0 Å². The number of rotatable bonds is 2. The summed E-state index contributed by atoms with van der Waals surface area (Å²) >= 11 is 0. The summed E-state index contributed by atoms with van der Waals surface area (Å²) in [4.78, 5) is 13.3. The maximum atomic E-state index is 13.2. The highest BCUT2D eigenvalue weighted by molar-refractivity contribution is 5.82. The van der Waals surface area contributed by atoms with E-state index in [2.05, 4.69) is 0 Å². The molecule has 5 heteroatoms. The van der Waals surface area contributed by atoms with Crippen molar-refractivity contribution in [3.63, 3.8) is 0 Å². The quantitative estimate of drug-likeness (QED) is 0.651. The van der Waals surface area contributed by atoms with Crippen molar-refractivity contribution in [2.24, 2.45) is 0 Å². The summed E-state index contributed by atoms with van der Waals surface area (Å²) in [5, 5.41) is 0. The van der Waals surface area contributed by atoms with Gasteiger partial charge in [0, 0.05) is 25.9 Å². The smallest absolute Gasteiger partial charge is 0.326 e. The van der Waals surface area contributed by atoms with Crippen molar-refractivity contribution in [2.75, 3.05) is 19.7 Å².